The summed E-state index contributed by atoms with van der Waals surface area (Å²) >= 11 is 0. The Kier molecular flexibility index (Phi) is 9.67. The number of aryl methyl sites for hydroxylation is 2. The molecule has 1 amide bonds. The normalized spacial score (nSPS) is 14.8. The van der Waals surface area contributed by atoms with Crippen molar-refractivity contribution in [2.75, 3.05) is 45.2 Å². The molecule has 10 heteroatoms. The monoisotopic (exact) mass is 522 g/mol. The van der Waals surface area contributed by atoms with Crippen molar-refractivity contribution in [1.29, 1.82) is 0 Å². The van der Waals surface area contributed by atoms with E-state index in [1.54, 1.807) is 7.05 Å². The summed E-state index contributed by atoms with van der Waals surface area (Å²) in [4.78, 5) is 23.9. The summed E-state index contributed by atoms with van der Waals surface area (Å²) in [5.74, 6) is 2.79. The molecular formula is C28H38N6O4. The summed E-state index contributed by atoms with van der Waals surface area (Å²) in [6, 6.07) is 9.43. The minimum absolute atomic E-state index is 0.177. The molecule has 4 rings (SSSR count). The lowest BCUT2D eigenvalue weighted by atomic mass is 10.1. The molecule has 1 fully saturated rings. The van der Waals surface area contributed by atoms with E-state index in [1.165, 1.54) is 0 Å². The topological polar surface area (TPSA) is 126 Å². The zero-order valence-corrected chi connectivity index (χ0v) is 22.5. The maximum absolute atomic E-state index is 12.3. The van der Waals surface area contributed by atoms with E-state index in [0.717, 1.165) is 55.6 Å². The van der Waals surface area contributed by atoms with Crippen molar-refractivity contribution in [2.45, 2.75) is 52.1 Å². The highest BCUT2D eigenvalue weighted by molar-refractivity contribution is 5.76. The molecule has 204 valence electrons. The number of hydrogen-bond donors (Lipinski definition) is 3. The van der Waals surface area contributed by atoms with Gasteiger partial charge in [0.05, 0.1) is 17.0 Å². The van der Waals surface area contributed by atoms with Gasteiger partial charge in [-0.15, -0.1) is 0 Å². The summed E-state index contributed by atoms with van der Waals surface area (Å²) in [5.41, 5.74) is 3.10. The molecule has 1 saturated heterocycles. The van der Waals surface area contributed by atoms with Crippen LogP contribution in [0.5, 0.6) is 5.75 Å². The van der Waals surface area contributed by atoms with Gasteiger partial charge >= 0.3 is 0 Å². The van der Waals surface area contributed by atoms with Crippen LogP contribution in [-0.2, 0) is 4.79 Å². The predicted molar refractivity (Wildman–Crippen MR) is 146 cm³/mol. The number of benzene rings is 1. The molecule has 3 N–H and O–H groups in total. The van der Waals surface area contributed by atoms with Crippen molar-refractivity contribution in [1.82, 2.24) is 25.3 Å². The van der Waals surface area contributed by atoms with Gasteiger partial charge in [-0.25, -0.2) is 9.97 Å². The first-order valence-corrected chi connectivity index (χ1v) is 13.3. The van der Waals surface area contributed by atoms with Crippen LogP contribution in [0.1, 0.15) is 43.6 Å². The highest BCUT2D eigenvalue weighted by Gasteiger charge is 2.18. The molecule has 0 spiro atoms. The van der Waals surface area contributed by atoms with Gasteiger partial charge in [0, 0.05) is 44.2 Å². The fraction of sp³-hybridized carbons (Fsp3) is 0.500. The molecular weight excluding hydrogens is 484 g/mol. The molecule has 0 saturated carbocycles. The summed E-state index contributed by atoms with van der Waals surface area (Å²) in [5, 5.41) is 20.4. The minimum atomic E-state index is -0.608. The molecule has 38 heavy (non-hydrogen) atoms. The average molecular weight is 523 g/mol. The summed E-state index contributed by atoms with van der Waals surface area (Å²) in [6.45, 7) is 6.64. The van der Waals surface area contributed by atoms with Gasteiger partial charge in [0.1, 0.15) is 30.0 Å². The van der Waals surface area contributed by atoms with E-state index in [-0.39, 0.29) is 12.5 Å². The smallest absolute Gasteiger partial charge is 0.222 e. The quantitative estimate of drug-likeness (QED) is 0.306. The number of anilines is 1. The van der Waals surface area contributed by atoms with Crippen LogP contribution in [0.4, 0.5) is 5.82 Å². The Morgan fingerprint density at radius 3 is 2.84 bits per heavy atom. The van der Waals surface area contributed by atoms with Crippen molar-refractivity contribution < 1.29 is 19.2 Å². The van der Waals surface area contributed by atoms with Gasteiger partial charge < -0.3 is 29.9 Å². The second kappa shape index (κ2) is 13.3. The number of likely N-dealkylation sites (N-methyl/N-ethyl adjacent to an activating group) is 1. The maximum atomic E-state index is 12.3. The second-order valence-electron chi connectivity index (χ2n) is 9.68. The number of nitrogens with zero attached hydrogens (tertiary/aromatic N) is 4. The van der Waals surface area contributed by atoms with Gasteiger partial charge in [-0.2, -0.15) is 0 Å². The predicted octanol–water partition coefficient (Wildman–Crippen LogP) is 3.58. The summed E-state index contributed by atoms with van der Waals surface area (Å²) < 4.78 is 11.2. The highest BCUT2D eigenvalue weighted by atomic mass is 16.5. The van der Waals surface area contributed by atoms with Crippen LogP contribution in [-0.4, -0.2) is 77.0 Å². The van der Waals surface area contributed by atoms with Crippen LogP contribution in [0.2, 0.25) is 0 Å². The number of aromatic nitrogens is 3. The van der Waals surface area contributed by atoms with Crippen LogP contribution in [0.3, 0.4) is 0 Å². The molecule has 0 aliphatic carbocycles. The zero-order chi connectivity index (χ0) is 26.9. The van der Waals surface area contributed by atoms with Crippen molar-refractivity contribution in [3.63, 3.8) is 0 Å². The van der Waals surface area contributed by atoms with Gasteiger partial charge in [0.25, 0.3) is 0 Å². The van der Waals surface area contributed by atoms with Gasteiger partial charge in [0.15, 0.2) is 5.82 Å². The van der Waals surface area contributed by atoms with Crippen LogP contribution >= 0.6 is 0 Å². The number of carbonyl (C=O) groups is 1. The van der Waals surface area contributed by atoms with Crippen LogP contribution in [0.15, 0.2) is 34.9 Å². The third kappa shape index (κ3) is 7.29. The summed E-state index contributed by atoms with van der Waals surface area (Å²) in [6.07, 6.45) is 4.06. The number of ether oxygens (including phenoxy) is 1. The van der Waals surface area contributed by atoms with Gasteiger partial charge in [-0.3, -0.25) is 4.79 Å². The Labute approximate surface area is 223 Å². The van der Waals surface area contributed by atoms with E-state index in [2.05, 4.69) is 15.8 Å². The molecule has 10 nitrogen and oxygen atoms in total. The van der Waals surface area contributed by atoms with E-state index in [9.17, 15) is 9.90 Å². The Morgan fingerprint density at radius 2 is 2.05 bits per heavy atom. The molecule has 0 radical (unpaired) electrons. The van der Waals surface area contributed by atoms with E-state index in [4.69, 9.17) is 19.2 Å². The number of hydrogen-bond acceptors (Lipinski definition) is 9. The van der Waals surface area contributed by atoms with Crippen LogP contribution < -0.4 is 15.4 Å². The third-order valence-corrected chi connectivity index (χ3v) is 6.57. The Hall–Kier alpha value is -3.50. The maximum Gasteiger partial charge on any atom is 0.222 e. The fourth-order valence-electron chi connectivity index (χ4n) is 4.62. The lowest BCUT2D eigenvalue weighted by Gasteiger charge is -2.20. The number of amides is 1. The average Bonchev–Trinajstić information content (AvgIpc) is 3.11. The van der Waals surface area contributed by atoms with Gasteiger partial charge in [-0.1, -0.05) is 23.7 Å². The van der Waals surface area contributed by atoms with E-state index in [1.807, 2.05) is 49.1 Å². The number of aliphatic hydroxyl groups is 1. The SMILES string of the molecule is CNCC(O)COc1cccc(-c2nc(NCCCN3CCCCCC3=O)cc(-c3c(C)noc3C)n2)c1. The molecule has 3 heterocycles. The molecule has 0 bridgehead atoms. The molecule has 1 aliphatic heterocycles. The van der Waals surface area contributed by atoms with Gasteiger partial charge in [0.2, 0.25) is 5.91 Å². The van der Waals surface area contributed by atoms with Crippen LogP contribution in [0.25, 0.3) is 22.6 Å². The molecule has 1 atom stereocenters. The fourth-order valence-corrected chi connectivity index (χ4v) is 4.62. The number of rotatable bonds is 12. The van der Waals surface area contributed by atoms with Crippen molar-refractivity contribution >= 4 is 11.7 Å². The van der Waals surface area contributed by atoms with Gasteiger partial charge in [-0.05, 0) is 52.3 Å². The Balaban J connectivity index is 1.52. The van der Waals surface area contributed by atoms with E-state index in [0.29, 0.717) is 48.4 Å². The molecule has 1 unspecified atom stereocenters. The minimum Gasteiger partial charge on any atom is -0.491 e. The Morgan fingerprint density at radius 1 is 1.18 bits per heavy atom. The summed E-state index contributed by atoms with van der Waals surface area (Å²) in [7, 11) is 1.78. The van der Waals surface area contributed by atoms with Crippen molar-refractivity contribution in [2.24, 2.45) is 0 Å². The first kappa shape index (κ1) is 27.5. The van der Waals surface area contributed by atoms with Crippen molar-refractivity contribution in [3.8, 4) is 28.4 Å². The molecule has 1 aliphatic rings. The third-order valence-electron chi connectivity index (χ3n) is 6.57. The molecule has 3 aromatic rings. The largest absolute Gasteiger partial charge is 0.491 e. The highest BCUT2D eigenvalue weighted by Crippen LogP contribution is 2.30. The van der Waals surface area contributed by atoms with E-state index < -0.39 is 6.10 Å². The number of carbonyl (C=O) groups excluding carboxylic acids is 1. The zero-order valence-electron chi connectivity index (χ0n) is 22.5. The van der Waals surface area contributed by atoms with E-state index >= 15 is 0 Å². The number of likely N-dealkylation sites (tertiary alicyclic amines) is 1. The Bertz CT molecular complexity index is 1190. The van der Waals surface area contributed by atoms with Crippen LogP contribution in [0, 0.1) is 13.8 Å². The first-order chi connectivity index (χ1) is 18.4. The standard InChI is InChI=1S/C28H38N6O4/c1-19-27(20(2)38-33-19)24-16-25(30-12-8-14-34-13-6-4-5-11-26(34)36)32-28(31-24)21-9-7-10-23(15-21)37-18-22(35)17-29-3/h7,9-10,15-16,22,29,35H,4-6,8,11-14,17-18H2,1-3H3,(H,30,31,32). The number of nitrogens with one attached hydrogen (secondary N) is 2. The molecule has 2 aromatic heterocycles. The lowest BCUT2D eigenvalue weighted by molar-refractivity contribution is -0.130. The number of aliphatic hydroxyl groups excluding tert-OH is 1. The molecule has 1 aromatic carbocycles. The van der Waals surface area contributed by atoms with Crippen molar-refractivity contribution in [3.05, 3.63) is 41.8 Å². The second-order valence-corrected chi connectivity index (χ2v) is 9.68. The lowest BCUT2D eigenvalue weighted by Crippen LogP contribution is -2.32. The first-order valence-electron chi connectivity index (χ1n) is 13.3.